The molecule has 1 atom stereocenters. The maximum atomic E-state index is 13.0. The Morgan fingerprint density at radius 3 is 2.54 bits per heavy atom. The topological polar surface area (TPSA) is 68.1 Å². The van der Waals surface area contributed by atoms with Crippen LogP contribution in [0.15, 0.2) is 46.5 Å². The van der Waals surface area contributed by atoms with Crippen molar-refractivity contribution >= 4 is 33.4 Å². The van der Waals surface area contributed by atoms with Gasteiger partial charge < -0.3 is 5.01 Å². The summed E-state index contributed by atoms with van der Waals surface area (Å²) in [7, 11) is 2.14. The number of fused-ring (bicyclic) bond motifs is 1. The highest BCUT2D eigenvalue weighted by Crippen LogP contribution is 2.27. The number of halogens is 1. The first-order valence-electron chi connectivity index (χ1n) is 7.09. The van der Waals surface area contributed by atoms with Crippen LogP contribution in [0.2, 0.25) is 5.02 Å². The molecule has 1 unspecified atom stereocenters. The van der Waals surface area contributed by atoms with E-state index in [1.165, 1.54) is 10.9 Å². The van der Waals surface area contributed by atoms with Gasteiger partial charge in [0.05, 0.1) is 16.4 Å². The Morgan fingerprint density at radius 1 is 1.21 bits per heavy atom. The first-order valence-corrected chi connectivity index (χ1v) is 9.02. The van der Waals surface area contributed by atoms with Crippen molar-refractivity contribution in [1.29, 1.82) is 0 Å². The van der Waals surface area contributed by atoms with Crippen LogP contribution in [0.1, 0.15) is 0 Å². The Balaban J connectivity index is 2.41. The van der Waals surface area contributed by atoms with Crippen LogP contribution >= 0.6 is 11.6 Å². The van der Waals surface area contributed by atoms with Crippen molar-refractivity contribution < 1.29 is 4.21 Å². The summed E-state index contributed by atoms with van der Waals surface area (Å²) < 4.78 is 13.1. The van der Waals surface area contributed by atoms with Crippen LogP contribution in [-0.2, 0) is 10.8 Å². The normalized spacial score (nSPS) is 12.3. The van der Waals surface area contributed by atoms with E-state index in [-0.39, 0.29) is 10.7 Å². The zero-order valence-corrected chi connectivity index (χ0v) is 14.9. The number of hydrogen-bond donors (Lipinski definition) is 0. The van der Waals surface area contributed by atoms with Crippen molar-refractivity contribution in [2.24, 2.45) is 0 Å². The number of pyridine rings is 1. The van der Waals surface area contributed by atoms with E-state index in [2.05, 4.69) is 9.97 Å². The van der Waals surface area contributed by atoms with Gasteiger partial charge in [0.1, 0.15) is 0 Å². The molecule has 0 fully saturated rings. The summed E-state index contributed by atoms with van der Waals surface area (Å²) in [6, 6.07) is 8.87. The van der Waals surface area contributed by atoms with E-state index in [0.29, 0.717) is 27.2 Å². The highest BCUT2D eigenvalue weighted by atomic mass is 35.5. The number of rotatable bonds is 3. The first kappa shape index (κ1) is 16.6. The van der Waals surface area contributed by atoms with E-state index in [9.17, 15) is 9.00 Å². The van der Waals surface area contributed by atoms with Crippen LogP contribution in [0.5, 0.6) is 0 Å². The molecular weight excluding hydrogens is 348 g/mol. The van der Waals surface area contributed by atoms with E-state index in [1.54, 1.807) is 43.5 Å². The molecule has 0 aliphatic rings. The van der Waals surface area contributed by atoms with E-state index < -0.39 is 10.8 Å². The third-order valence-corrected chi connectivity index (χ3v) is 4.56. The fourth-order valence-corrected chi connectivity index (χ4v) is 3.10. The molecule has 124 valence electrons. The Hall–Kier alpha value is -2.25. The highest BCUT2D eigenvalue weighted by Gasteiger charge is 2.16. The maximum Gasteiger partial charge on any atom is 0.278 e. The number of aromatic nitrogens is 3. The molecule has 2 aromatic heterocycles. The van der Waals surface area contributed by atoms with Gasteiger partial charge >= 0.3 is 0 Å². The highest BCUT2D eigenvalue weighted by molar-refractivity contribution is 7.84. The molecule has 8 heteroatoms. The monoisotopic (exact) mass is 362 g/mol. The second-order valence-corrected chi connectivity index (χ2v) is 7.07. The molecule has 0 radical (unpaired) electrons. The number of hydrogen-bond acceptors (Lipinski definition) is 5. The molecule has 0 amide bonds. The lowest BCUT2D eigenvalue weighted by molar-refractivity contribution is 0.677. The summed E-state index contributed by atoms with van der Waals surface area (Å²) in [5.41, 5.74) is 1.24. The largest absolute Gasteiger partial charge is 0.314 e. The van der Waals surface area contributed by atoms with Crippen molar-refractivity contribution in [2.75, 3.05) is 25.4 Å². The second kappa shape index (κ2) is 6.33. The second-order valence-electron chi connectivity index (χ2n) is 5.39. The molecule has 0 bridgehead atoms. The van der Waals surface area contributed by atoms with Gasteiger partial charge in [0, 0.05) is 42.5 Å². The molecule has 0 aliphatic carbocycles. The quantitative estimate of drug-likeness (QED) is 0.667. The molecule has 0 saturated carbocycles. The summed E-state index contributed by atoms with van der Waals surface area (Å²) in [6.45, 7) is 0. The lowest BCUT2D eigenvalue weighted by Gasteiger charge is -2.19. The zero-order chi connectivity index (χ0) is 17.4. The minimum Gasteiger partial charge on any atom is -0.314 e. The van der Waals surface area contributed by atoms with Gasteiger partial charge in [-0.2, -0.15) is 0 Å². The molecule has 0 aliphatic heterocycles. The number of benzene rings is 1. The maximum absolute atomic E-state index is 13.0. The lowest BCUT2D eigenvalue weighted by Crippen LogP contribution is -2.37. The van der Waals surface area contributed by atoms with Gasteiger partial charge in [0.25, 0.3) is 5.56 Å². The van der Waals surface area contributed by atoms with Crippen LogP contribution in [0.3, 0.4) is 0 Å². The van der Waals surface area contributed by atoms with Gasteiger partial charge in [0.2, 0.25) is 5.16 Å². The van der Waals surface area contributed by atoms with Crippen molar-refractivity contribution in [2.45, 2.75) is 5.16 Å². The molecule has 24 heavy (non-hydrogen) atoms. The standard InChI is InChI=1S/C16H15ClN4O2S/c1-20(2)21-14-10(9-18-16(19-14)24(3)23)8-12(15(21)22)11-6-4-5-7-13(11)17/h4-9H,1-3H3. The van der Waals surface area contributed by atoms with Gasteiger partial charge in [-0.25, -0.2) is 14.6 Å². The van der Waals surface area contributed by atoms with Gasteiger partial charge in [0.15, 0.2) is 5.65 Å². The summed E-state index contributed by atoms with van der Waals surface area (Å²) in [5.74, 6) is 0. The Labute approximate surface area is 146 Å². The SMILES string of the molecule is CN(C)n1c(=O)c(-c2ccccc2Cl)cc2cnc(S(C)=O)nc21. The zero-order valence-electron chi connectivity index (χ0n) is 13.4. The predicted molar refractivity (Wildman–Crippen MR) is 96.6 cm³/mol. The van der Waals surface area contributed by atoms with Crippen LogP contribution in [0.4, 0.5) is 0 Å². The molecule has 1 aromatic carbocycles. The predicted octanol–water partition coefficient (Wildman–Crippen LogP) is 2.05. The minimum absolute atomic E-state index is 0.183. The van der Waals surface area contributed by atoms with Crippen LogP contribution in [0.25, 0.3) is 22.2 Å². The fraction of sp³-hybridized carbons (Fsp3) is 0.188. The van der Waals surface area contributed by atoms with Gasteiger partial charge in [-0.1, -0.05) is 29.8 Å². The average Bonchev–Trinajstić information content (AvgIpc) is 2.54. The Bertz CT molecular complexity index is 1020. The van der Waals surface area contributed by atoms with Gasteiger partial charge in [-0.15, -0.1) is 0 Å². The molecule has 0 spiro atoms. The summed E-state index contributed by atoms with van der Waals surface area (Å²) >= 11 is 6.25. The molecular formula is C16H15ClN4O2S. The van der Waals surface area contributed by atoms with Crippen molar-refractivity contribution in [3.63, 3.8) is 0 Å². The third kappa shape index (κ3) is 2.81. The smallest absolute Gasteiger partial charge is 0.278 e. The van der Waals surface area contributed by atoms with Crippen molar-refractivity contribution in [3.05, 3.63) is 51.9 Å². The third-order valence-electron chi connectivity index (χ3n) is 3.52. The van der Waals surface area contributed by atoms with Gasteiger partial charge in [-0.05, 0) is 12.1 Å². The molecule has 6 nitrogen and oxygen atoms in total. The average molecular weight is 363 g/mol. The Morgan fingerprint density at radius 2 is 1.92 bits per heavy atom. The molecule has 0 saturated heterocycles. The summed E-state index contributed by atoms with van der Waals surface area (Å²) in [6.07, 6.45) is 3.07. The van der Waals surface area contributed by atoms with E-state index in [4.69, 9.17) is 11.6 Å². The number of nitrogens with zero attached hydrogens (tertiary/aromatic N) is 4. The lowest BCUT2D eigenvalue weighted by atomic mass is 10.1. The van der Waals surface area contributed by atoms with E-state index >= 15 is 0 Å². The summed E-state index contributed by atoms with van der Waals surface area (Å²) in [4.78, 5) is 21.4. The van der Waals surface area contributed by atoms with Crippen LogP contribution in [-0.4, -0.2) is 39.2 Å². The van der Waals surface area contributed by atoms with Crippen molar-refractivity contribution in [1.82, 2.24) is 14.6 Å². The molecule has 2 heterocycles. The molecule has 0 N–H and O–H groups in total. The summed E-state index contributed by atoms with van der Waals surface area (Å²) in [5, 5.41) is 2.96. The van der Waals surface area contributed by atoms with Crippen molar-refractivity contribution in [3.8, 4) is 11.1 Å². The van der Waals surface area contributed by atoms with Crippen LogP contribution < -0.4 is 10.6 Å². The molecule has 3 rings (SSSR count). The Kier molecular flexibility index (Phi) is 4.38. The first-order chi connectivity index (χ1) is 11.4. The fourth-order valence-electron chi connectivity index (χ4n) is 2.45. The minimum atomic E-state index is -1.34. The van der Waals surface area contributed by atoms with E-state index in [0.717, 1.165) is 0 Å². The van der Waals surface area contributed by atoms with Gasteiger partial charge in [-0.3, -0.25) is 9.00 Å². The van der Waals surface area contributed by atoms with Crippen LogP contribution in [0, 0.1) is 0 Å². The van der Waals surface area contributed by atoms with E-state index in [1.807, 2.05) is 12.1 Å². The molecule has 3 aromatic rings.